The molecule has 0 amide bonds. The molecule has 3 nitrogen and oxygen atoms in total. The van der Waals surface area contributed by atoms with Crippen molar-refractivity contribution >= 4 is 22.6 Å². The van der Waals surface area contributed by atoms with E-state index >= 15 is 0 Å². The van der Waals surface area contributed by atoms with Crippen LogP contribution in [0.1, 0.15) is 19.4 Å². The Morgan fingerprint density at radius 1 is 1.00 bits per heavy atom. The molecule has 5 rings (SSSR count). The minimum absolute atomic E-state index is 0.250. The van der Waals surface area contributed by atoms with E-state index in [0.717, 1.165) is 23.0 Å². The Morgan fingerprint density at radius 3 is 2.53 bits per heavy atom. The van der Waals surface area contributed by atoms with Gasteiger partial charge in [0.1, 0.15) is 22.9 Å². The van der Waals surface area contributed by atoms with E-state index in [1.165, 1.54) is 17.2 Å². The van der Waals surface area contributed by atoms with Crippen molar-refractivity contribution in [3.05, 3.63) is 89.3 Å². The maximum atomic E-state index is 14.2. The quantitative estimate of drug-likeness (QED) is 0.297. The summed E-state index contributed by atoms with van der Waals surface area (Å²) in [6.45, 7) is 4.46. The van der Waals surface area contributed by atoms with E-state index in [2.05, 4.69) is 60.2 Å². The van der Waals surface area contributed by atoms with Gasteiger partial charge in [-0.05, 0) is 59.4 Å². The number of imidazole rings is 1. The highest BCUT2D eigenvalue weighted by atomic mass is 35.5. The summed E-state index contributed by atoms with van der Waals surface area (Å²) in [4.78, 5) is 7.44. The van der Waals surface area contributed by atoms with Gasteiger partial charge in [-0.3, -0.25) is 0 Å². The number of furan rings is 1. The number of fused-ring (bicyclic) bond motifs is 1. The summed E-state index contributed by atoms with van der Waals surface area (Å²) in [6, 6.07) is 21.4. The highest BCUT2D eigenvalue weighted by Gasteiger charge is 2.15. The number of halogens is 2. The van der Waals surface area contributed by atoms with Crippen molar-refractivity contribution in [2.75, 3.05) is 0 Å². The molecule has 0 aliphatic carbocycles. The highest BCUT2D eigenvalue weighted by Crippen LogP contribution is 2.33. The van der Waals surface area contributed by atoms with Crippen molar-refractivity contribution in [2.24, 2.45) is 5.92 Å². The third-order valence-electron chi connectivity index (χ3n) is 5.49. The number of benzene rings is 3. The molecule has 0 saturated heterocycles. The Labute approximate surface area is 190 Å². The van der Waals surface area contributed by atoms with Gasteiger partial charge in [0.25, 0.3) is 0 Å². The molecule has 2 heterocycles. The smallest absolute Gasteiger partial charge is 0.153 e. The zero-order valence-corrected chi connectivity index (χ0v) is 18.6. The Balaban J connectivity index is 1.46. The molecule has 0 spiro atoms. The average Bonchev–Trinajstić information content (AvgIpc) is 3.40. The number of hydrogen-bond acceptors (Lipinski definition) is 2. The van der Waals surface area contributed by atoms with Crippen LogP contribution in [0.3, 0.4) is 0 Å². The molecule has 0 saturated carbocycles. The van der Waals surface area contributed by atoms with Gasteiger partial charge in [-0.15, -0.1) is 0 Å². The fourth-order valence-corrected chi connectivity index (χ4v) is 4.21. The molecular formula is C27H22ClFN2O. The van der Waals surface area contributed by atoms with Crippen LogP contribution in [0.4, 0.5) is 4.39 Å². The topological polar surface area (TPSA) is 41.8 Å². The van der Waals surface area contributed by atoms with Crippen molar-refractivity contribution < 1.29 is 8.81 Å². The first-order valence-electron chi connectivity index (χ1n) is 10.6. The summed E-state index contributed by atoms with van der Waals surface area (Å²) < 4.78 is 20.3. The van der Waals surface area contributed by atoms with E-state index in [9.17, 15) is 4.39 Å². The Bertz CT molecular complexity index is 1380. The maximum absolute atomic E-state index is 14.2. The van der Waals surface area contributed by atoms with Gasteiger partial charge in [0.05, 0.1) is 16.8 Å². The number of rotatable bonds is 5. The molecule has 1 N–H and O–H groups in total. The van der Waals surface area contributed by atoms with Gasteiger partial charge in [0, 0.05) is 5.39 Å². The van der Waals surface area contributed by atoms with Crippen LogP contribution >= 0.6 is 11.6 Å². The monoisotopic (exact) mass is 444 g/mol. The van der Waals surface area contributed by atoms with E-state index in [4.69, 9.17) is 16.0 Å². The lowest BCUT2D eigenvalue weighted by atomic mass is 9.98. The molecule has 0 bridgehead atoms. The lowest BCUT2D eigenvalue weighted by Crippen LogP contribution is -1.93. The van der Waals surface area contributed by atoms with Crippen molar-refractivity contribution in [3.8, 4) is 34.0 Å². The molecule has 2 aromatic heterocycles. The molecular weight excluding hydrogens is 423 g/mol. The fraction of sp³-hybridized carbons (Fsp3) is 0.148. The molecule has 0 fully saturated rings. The predicted octanol–water partition coefficient (Wildman–Crippen LogP) is 8.15. The summed E-state index contributed by atoms with van der Waals surface area (Å²) in [7, 11) is 0. The second-order valence-electron chi connectivity index (χ2n) is 8.40. The number of aromatic amines is 1. The molecule has 0 aliphatic heterocycles. The first-order valence-corrected chi connectivity index (χ1v) is 11.0. The van der Waals surface area contributed by atoms with Gasteiger partial charge in [-0.2, -0.15) is 0 Å². The van der Waals surface area contributed by atoms with Crippen LogP contribution in [0.2, 0.25) is 5.02 Å². The average molecular weight is 445 g/mol. The highest BCUT2D eigenvalue weighted by molar-refractivity contribution is 6.33. The molecule has 0 atom stereocenters. The molecule has 5 aromatic rings. The first kappa shape index (κ1) is 20.5. The Hall–Kier alpha value is -3.37. The maximum Gasteiger partial charge on any atom is 0.153 e. The van der Waals surface area contributed by atoms with E-state index < -0.39 is 5.82 Å². The van der Waals surface area contributed by atoms with Gasteiger partial charge in [0.15, 0.2) is 5.76 Å². The summed E-state index contributed by atoms with van der Waals surface area (Å²) >= 11 is 6.17. The van der Waals surface area contributed by atoms with Crippen LogP contribution in [0.15, 0.2) is 77.3 Å². The zero-order chi connectivity index (χ0) is 22.2. The van der Waals surface area contributed by atoms with Crippen LogP contribution < -0.4 is 0 Å². The predicted molar refractivity (Wildman–Crippen MR) is 128 cm³/mol. The summed E-state index contributed by atoms with van der Waals surface area (Å²) in [6.07, 6.45) is 2.71. The van der Waals surface area contributed by atoms with Crippen molar-refractivity contribution in [3.63, 3.8) is 0 Å². The second kappa shape index (κ2) is 8.29. The van der Waals surface area contributed by atoms with Crippen LogP contribution in [0.5, 0.6) is 0 Å². The summed E-state index contributed by atoms with van der Waals surface area (Å²) in [5.41, 5.74) is 5.33. The summed E-state index contributed by atoms with van der Waals surface area (Å²) in [5, 5.41) is 1.29. The number of nitrogens with zero attached hydrogens (tertiary/aromatic N) is 1. The SMILES string of the molecule is CC(C)Cc1ccc(-c2ccc3oc(-c4cnc(-c5c(F)cccc5Cl)[nH]4)cc3c2)cc1. The van der Waals surface area contributed by atoms with Gasteiger partial charge in [-0.1, -0.05) is 61.8 Å². The van der Waals surface area contributed by atoms with Crippen LogP contribution in [-0.2, 0) is 6.42 Å². The minimum Gasteiger partial charge on any atom is -0.454 e. The Kier molecular flexibility index (Phi) is 5.32. The molecule has 3 aromatic carbocycles. The van der Waals surface area contributed by atoms with Gasteiger partial charge < -0.3 is 9.40 Å². The normalized spacial score (nSPS) is 11.5. The molecule has 5 heteroatoms. The van der Waals surface area contributed by atoms with Crippen LogP contribution in [0.25, 0.3) is 44.9 Å². The van der Waals surface area contributed by atoms with Crippen LogP contribution in [-0.4, -0.2) is 9.97 Å². The fourth-order valence-electron chi connectivity index (χ4n) is 3.96. The van der Waals surface area contributed by atoms with E-state index in [-0.39, 0.29) is 5.56 Å². The standard InChI is InChI=1S/C27H22ClFN2O/c1-16(2)12-17-6-8-18(9-7-17)19-10-11-24-20(13-19)14-25(32-24)23-15-30-27(31-23)26-21(28)4-3-5-22(26)29/h3-11,13-16H,12H2,1-2H3,(H,30,31). The van der Waals surface area contributed by atoms with Gasteiger partial charge in [-0.25, -0.2) is 9.37 Å². The zero-order valence-electron chi connectivity index (χ0n) is 17.8. The lowest BCUT2D eigenvalue weighted by molar-refractivity contribution is 0.627. The largest absolute Gasteiger partial charge is 0.454 e. The lowest BCUT2D eigenvalue weighted by Gasteiger charge is -2.07. The molecule has 160 valence electrons. The van der Waals surface area contributed by atoms with E-state index in [1.54, 1.807) is 18.3 Å². The van der Waals surface area contributed by atoms with Crippen LogP contribution in [0, 0.1) is 11.7 Å². The van der Waals surface area contributed by atoms with E-state index in [1.807, 2.05) is 12.1 Å². The second-order valence-corrected chi connectivity index (χ2v) is 8.81. The number of aromatic nitrogens is 2. The molecule has 0 radical (unpaired) electrons. The first-order chi connectivity index (χ1) is 15.5. The molecule has 32 heavy (non-hydrogen) atoms. The van der Waals surface area contributed by atoms with Gasteiger partial charge in [0.2, 0.25) is 0 Å². The third kappa shape index (κ3) is 3.94. The number of nitrogens with one attached hydrogen (secondary N) is 1. The van der Waals surface area contributed by atoms with Crippen molar-refractivity contribution in [2.45, 2.75) is 20.3 Å². The molecule has 0 unspecified atom stereocenters. The summed E-state index contributed by atoms with van der Waals surface area (Å²) in [5.74, 6) is 1.22. The number of hydrogen-bond donors (Lipinski definition) is 1. The van der Waals surface area contributed by atoms with Gasteiger partial charge >= 0.3 is 0 Å². The van der Waals surface area contributed by atoms with Crippen molar-refractivity contribution in [1.82, 2.24) is 9.97 Å². The molecule has 0 aliphatic rings. The Morgan fingerprint density at radius 2 is 1.78 bits per heavy atom. The van der Waals surface area contributed by atoms with E-state index in [0.29, 0.717) is 28.2 Å². The van der Waals surface area contributed by atoms with Crippen molar-refractivity contribution in [1.29, 1.82) is 0 Å². The third-order valence-corrected chi connectivity index (χ3v) is 5.80. The number of H-pyrrole nitrogens is 1. The minimum atomic E-state index is -0.424.